The molecule has 0 unspecified atom stereocenters. The Morgan fingerprint density at radius 1 is 1.15 bits per heavy atom. The van der Waals surface area contributed by atoms with Crippen molar-refractivity contribution in [2.75, 3.05) is 12.4 Å². The summed E-state index contributed by atoms with van der Waals surface area (Å²) in [6, 6.07) is 15.2. The van der Waals surface area contributed by atoms with Gasteiger partial charge in [-0.25, -0.2) is 9.59 Å². The van der Waals surface area contributed by atoms with Crippen molar-refractivity contribution in [3.63, 3.8) is 0 Å². The van der Waals surface area contributed by atoms with Crippen LogP contribution in [0.25, 0.3) is 0 Å². The number of esters is 1. The molecular formula is C24H22N2O6S2. The second kappa shape index (κ2) is 10.4. The van der Waals surface area contributed by atoms with Crippen molar-refractivity contribution in [3.8, 4) is 0 Å². The summed E-state index contributed by atoms with van der Waals surface area (Å²) in [5.41, 5.74) is 1.04. The first kappa shape index (κ1) is 23.9. The summed E-state index contributed by atoms with van der Waals surface area (Å²) in [6.45, 7) is 1.93. The van der Waals surface area contributed by atoms with E-state index in [-0.39, 0.29) is 24.6 Å². The lowest BCUT2D eigenvalue weighted by Crippen LogP contribution is -2.70. The number of fused-ring (bicyclic) bond motifs is 1. The molecule has 2 aliphatic heterocycles. The van der Waals surface area contributed by atoms with E-state index in [1.54, 1.807) is 31.2 Å². The van der Waals surface area contributed by atoms with Crippen molar-refractivity contribution in [3.05, 3.63) is 76.3 Å². The molecule has 1 saturated heterocycles. The van der Waals surface area contributed by atoms with Gasteiger partial charge in [0.1, 0.15) is 17.1 Å². The van der Waals surface area contributed by atoms with Gasteiger partial charge < -0.3 is 15.2 Å². The molecule has 0 aliphatic carbocycles. The molecule has 2 aromatic rings. The first-order valence-corrected chi connectivity index (χ1v) is 12.5. The van der Waals surface area contributed by atoms with Crippen LogP contribution in [0.15, 0.2) is 70.1 Å². The molecule has 2 atom stereocenters. The zero-order valence-corrected chi connectivity index (χ0v) is 19.9. The van der Waals surface area contributed by atoms with Gasteiger partial charge in [0.2, 0.25) is 5.91 Å². The maximum atomic E-state index is 12.9. The summed E-state index contributed by atoms with van der Waals surface area (Å²) in [5, 5.41) is 12.1. The van der Waals surface area contributed by atoms with Gasteiger partial charge in [-0.1, -0.05) is 54.2 Å². The molecule has 0 saturated carbocycles. The third-order valence-corrected chi connectivity index (χ3v) is 7.90. The van der Waals surface area contributed by atoms with Crippen LogP contribution in [0, 0.1) is 0 Å². The van der Waals surface area contributed by atoms with Gasteiger partial charge in [0.25, 0.3) is 5.91 Å². The number of ether oxygens (including phenoxy) is 1. The summed E-state index contributed by atoms with van der Waals surface area (Å²) in [7, 11) is 0. The predicted octanol–water partition coefficient (Wildman–Crippen LogP) is 2.89. The number of thioether (sulfide) groups is 2. The standard InChI is InChI=1S/C24H22N2O6S2/c1-2-32-24(31)15-10-6-7-11-16(15)34-17-13-33-22-19(21(28)26(22)20(17)23(29)30)25-18(27)12-14-8-4-3-5-9-14/h3-11,19,22H,2,12-13H2,1H3,(H,25,27)(H,29,30)/t19-,22+/m1/s1. The highest BCUT2D eigenvalue weighted by Crippen LogP contribution is 2.45. The van der Waals surface area contributed by atoms with Crippen LogP contribution >= 0.6 is 23.5 Å². The van der Waals surface area contributed by atoms with E-state index < -0.39 is 29.3 Å². The number of carbonyl (C=O) groups excluding carboxylic acids is 3. The number of rotatable bonds is 8. The van der Waals surface area contributed by atoms with Crippen LogP contribution in [0.1, 0.15) is 22.8 Å². The zero-order valence-electron chi connectivity index (χ0n) is 18.2. The fraction of sp³-hybridized carbons (Fsp3) is 0.250. The molecule has 0 bridgehead atoms. The van der Waals surface area contributed by atoms with E-state index in [1.165, 1.54) is 16.7 Å². The Kier molecular flexibility index (Phi) is 7.28. The predicted molar refractivity (Wildman–Crippen MR) is 128 cm³/mol. The maximum absolute atomic E-state index is 12.9. The molecule has 2 N–H and O–H groups in total. The molecule has 2 aromatic carbocycles. The molecule has 1 fully saturated rings. The minimum atomic E-state index is -1.23. The Hall–Kier alpha value is -3.24. The van der Waals surface area contributed by atoms with Crippen molar-refractivity contribution in [1.82, 2.24) is 10.2 Å². The van der Waals surface area contributed by atoms with Crippen molar-refractivity contribution < 1.29 is 29.0 Å². The molecule has 2 heterocycles. The van der Waals surface area contributed by atoms with Crippen LogP contribution in [0.5, 0.6) is 0 Å². The fourth-order valence-electron chi connectivity index (χ4n) is 3.74. The van der Waals surface area contributed by atoms with Gasteiger partial charge in [0.05, 0.1) is 18.6 Å². The van der Waals surface area contributed by atoms with E-state index >= 15 is 0 Å². The number of hydrogen-bond acceptors (Lipinski definition) is 7. The van der Waals surface area contributed by atoms with Crippen LogP contribution in [0.4, 0.5) is 0 Å². The molecule has 10 heteroatoms. The number of carbonyl (C=O) groups is 4. The van der Waals surface area contributed by atoms with Crippen molar-refractivity contribution in [1.29, 1.82) is 0 Å². The third kappa shape index (κ3) is 4.83. The Balaban J connectivity index is 1.52. The summed E-state index contributed by atoms with van der Waals surface area (Å²) >= 11 is 2.51. The molecule has 0 aromatic heterocycles. The first-order chi connectivity index (χ1) is 16.4. The molecule has 2 aliphatic rings. The normalized spacial score (nSPS) is 19.2. The number of amides is 2. The number of β-lactam (4-membered cyclic amide) rings is 1. The van der Waals surface area contributed by atoms with Crippen molar-refractivity contribution >= 4 is 47.3 Å². The molecule has 0 radical (unpaired) electrons. The average Bonchev–Trinajstić information content (AvgIpc) is 2.83. The van der Waals surface area contributed by atoms with Crippen LogP contribution < -0.4 is 5.32 Å². The lowest BCUT2D eigenvalue weighted by molar-refractivity contribution is -0.150. The average molecular weight is 499 g/mol. The van der Waals surface area contributed by atoms with Gasteiger partial charge in [-0.15, -0.1) is 11.8 Å². The Labute approximate surface area is 204 Å². The smallest absolute Gasteiger partial charge is 0.353 e. The van der Waals surface area contributed by atoms with Crippen molar-refractivity contribution in [2.45, 2.75) is 29.7 Å². The summed E-state index contributed by atoms with van der Waals surface area (Å²) < 4.78 is 5.10. The summed E-state index contributed by atoms with van der Waals surface area (Å²) in [4.78, 5) is 52.0. The number of nitrogens with zero attached hydrogens (tertiary/aromatic N) is 1. The molecule has 4 rings (SSSR count). The number of benzene rings is 2. The van der Waals surface area contributed by atoms with E-state index in [0.29, 0.717) is 21.1 Å². The molecule has 34 heavy (non-hydrogen) atoms. The highest BCUT2D eigenvalue weighted by atomic mass is 32.2. The Morgan fingerprint density at radius 2 is 1.85 bits per heavy atom. The number of hydrogen-bond donors (Lipinski definition) is 2. The Bertz CT molecular complexity index is 1170. The number of carboxylic acids is 1. The maximum Gasteiger partial charge on any atom is 0.353 e. The third-order valence-electron chi connectivity index (χ3n) is 5.28. The monoisotopic (exact) mass is 498 g/mol. The molecule has 2 amide bonds. The van der Waals surface area contributed by atoms with Gasteiger partial charge in [-0.05, 0) is 24.6 Å². The number of nitrogens with one attached hydrogen (secondary N) is 1. The summed E-state index contributed by atoms with van der Waals surface area (Å²) in [6.07, 6.45) is 0.134. The van der Waals surface area contributed by atoms with E-state index in [2.05, 4.69) is 5.32 Å². The minimum absolute atomic E-state index is 0.119. The van der Waals surface area contributed by atoms with Crippen LogP contribution in [-0.2, 0) is 25.5 Å². The Morgan fingerprint density at radius 3 is 2.56 bits per heavy atom. The van der Waals surface area contributed by atoms with Crippen LogP contribution in [-0.4, -0.2) is 57.5 Å². The van der Waals surface area contributed by atoms with Crippen LogP contribution in [0.2, 0.25) is 0 Å². The van der Waals surface area contributed by atoms with E-state index in [9.17, 15) is 24.3 Å². The molecule has 176 valence electrons. The minimum Gasteiger partial charge on any atom is -0.477 e. The second-order valence-corrected chi connectivity index (χ2v) is 9.75. The van der Waals surface area contributed by atoms with Gasteiger partial charge in [-0.3, -0.25) is 14.5 Å². The van der Waals surface area contributed by atoms with Crippen molar-refractivity contribution in [2.24, 2.45) is 0 Å². The molecular weight excluding hydrogens is 476 g/mol. The van der Waals surface area contributed by atoms with E-state index in [1.807, 2.05) is 30.3 Å². The van der Waals surface area contributed by atoms with Gasteiger partial charge in [-0.2, -0.15) is 0 Å². The van der Waals surface area contributed by atoms with Crippen LogP contribution in [0.3, 0.4) is 0 Å². The zero-order chi connectivity index (χ0) is 24.2. The van der Waals surface area contributed by atoms with Gasteiger partial charge >= 0.3 is 11.9 Å². The first-order valence-electron chi connectivity index (χ1n) is 10.6. The SMILES string of the molecule is CCOC(=O)c1ccccc1SC1=C(C(=O)O)N2C(=O)[C@@H](NC(=O)Cc3ccccc3)[C@@H]2SC1. The lowest BCUT2D eigenvalue weighted by Gasteiger charge is -2.49. The fourth-order valence-corrected chi connectivity index (χ4v) is 6.33. The number of carboxylic acid groups (broad SMARTS) is 1. The van der Waals surface area contributed by atoms with E-state index in [0.717, 1.165) is 17.3 Å². The van der Waals surface area contributed by atoms with E-state index in [4.69, 9.17) is 4.74 Å². The molecule has 0 spiro atoms. The number of aliphatic carboxylic acids is 1. The van der Waals surface area contributed by atoms with Gasteiger partial charge in [0, 0.05) is 15.6 Å². The highest BCUT2D eigenvalue weighted by Gasteiger charge is 2.54. The summed E-state index contributed by atoms with van der Waals surface area (Å²) in [5.74, 6) is -2.17. The quantitative estimate of drug-likeness (QED) is 0.422. The largest absolute Gasteiger partial charge is 0.477 e. The highest BCUT2D eigenvalue weighted by molar-refractivity contribution is 8.06. The van der Waals surface area contributed by atoms with Gasteiger partial charge in [0.15, 0.2) is 0 Å². The lowest BCUT2D eigenvalue weighted by atomic mass is 10.0. The second-order valence-electron chi connectivity index (χ2n) is 7.51. The molecule has 8 nitrogen and oxygen atoms in total. The topological polar surface area (TPSA) is 113 Å².